The summed E-state index contributed by atoms with van der Waals surface area (Å²) in [4.78, 5) is 12.1. The van der Waals surface area contributed by atoms with E-state index in [0.717, 1.165) is 11.3 Å². The van der Waals surface area contributed by atoms with Crippen molar-refractivity contribution < 1.29 is 19.0 Å². The van der Waals surface area contributed by atoms with E-state index in [0.29, 0.717) is 32.2 Å². The van der Waals surface area contributed by atoms with Crippen LogP contribution in [0.1, 0.15) is 57.2 Å². The molecule has 36 heavy (non-hydrogen) atoms. The zero-order valence-corrected chi connectivity index (χ0v) is 22.1. The fraction of sp³-hybridized carbons (Fsp3) is 0.344. The predicted molar refractivity (Wildman–Crippen MR) is 147 cm³/mol. The maximum Gasteiger partial charge on any atom is 0.335 e. The van der Waals surface area contributed by atoms with Crippen molar-refractivity contribution in [3.63, 3.8) is 0 Å². The molecule has 190 valence electrons. The SMILES string of the molecule is CCOC(=O)[C@H](Cc1ccc(OCC=C(C)c2ccc(-c3ccc(C(C)C)cc3)cc2)cc1)OCC. The summed E-state index contributed by atoms with van der Waals surface area (Å²) in [7, 11) is 0. The Bertz CT molecular complexity index is 1110. The van der Waals surface area contributed by atoms with Gasteiger partial charge in [0.1, 0.15) is 12.4 Å². The van der Waals surface area contributed by atoms with Crippen LogP contribution in [0.4, 0.5) is 0 Å². The number of allylic oxidation sites excluding steroid dienone is 1. The second-order valence-electron chi connectivity index (χ2n) is 9.10. The van der Waals surface area contributed by atoms with Crippen molar-refractivity contribution in [1.29, 1.82) is 0 Å². The molecule has 3 aromatic carbocycles. The van der Waals surface area contributed by atoms with Crippen LogP contribution in [-0.4, -0.2) is 31.9 Å². The van der Waals surface area contributed by atoms with Crippen LogP contribution >= 0.6 is 0 Å². The van der Waals surface area contributed by atoms with Crippen LogP contribution in [0.2, 0.25) is 0 Å². The van der Waals surface area contributed by atoms with Gasteiger partial charge in [-0.05, 0) is 78.3 Å². The molecule has 0 N–H and O–H groups in total. The van der Waals surface area contributed by atoms with Gasteiger partial charge in [0.25, 0.3) is 0 Å². The lowest BCUT2D eigenvalue weighted by Gasteiger charge is -2.15. The van der Waals surface area contributed by atoms with Crippen molar-refractivity contribution in [2.24, 2.45) is 0 Å². The summed E-state index contributed by atoms with van der Waals surface area (Å²) in [6.07, 6.45) is 1.98. The van der Waals surface area contributed by atoms with E-state index >= 15 is 0 Å². The van der Waals surface area contributed by atoms with E-state index < -0.39 is 6.10 Å². The van der Waals surface area contributed by atoms with Crippen LogP contribution in [0, 0.1) is 0 Å². The van der Waals surface area contributed by atoms with Crippen LogP contribution in [0.25, 0.3) is 16.7 Å². The summed E-state index contributed by atoms with van der Waals surface area (Å²) in [6, 6.07) is 25.2. The van der Waals surface area contributed by atoms with Crippen LogP contribution in [0.5, 0.6) is 5.75 Å². The van der Waals surface area contributed by atoms with Gasteiger partial charge < -0.3 is 14.2 Å². The fourth-order valence-electron chi connectivity index (χ4n) is 3.95. The monoisotopic (exact) mass is 486 g/mol. The Morgan fingerprint density at radius 3 is 2.00 bits per heavy atom. The van der Waals surface area contributed by atoms with Gasteiger partial charge >= 0.3 is 5.97 Å². The third-order valence-corrected chi connectivity index (χ3v) is 6.15. The van der Waals surface area contributed by atoms with Gasteiger partial charge in [0.05, 0.1) is 6.61 Å². The first-order valence-electron chi connectivity index (χ1n) is 12.8. The number of hydrogen-bond acceptors (Lipinski definition) is 4. The molecule has 0 bridgehead atoms. The largest absolute Gasteiger partial charge is 0.490 e. The zero-order chi connectivity index (χ0) is 25.9. The van der Waals surface area contributed by atoms with Gasteiger partial charge in [0, 0.05) is 13.0 Å². The second kappa shape index (κ2) is 13.6. The molecule has 4 nitrogen and oxygen atoms in total. The highest BCUT2D eigenvalue weighted by molar-refractivity contribution is 5.75. The van der Waals surface area contributed by atoms with E-state index in [4.69, 9.17) is 14.2 Å². The van der Waals surface area contributed by atoms with Gasteiger partial charge in [-0.25, -0.2) is 4.79 Å². The van der Waals surface area contributed by atoms with E-state index in [2.05, 4.69) is 75.4 Å². The van der Waals surface area contributed by atoms with Crippen molar-refractivity contribution in [3.05, 3.63) is 95.6 Å². The number of rotatable bonds is 12. The second-order valence-corrected chi connectivity index (χ2v) is 9.10. The van der Waals surface area contributed by atoms with Gasteiger partial charge in [-0.2, -0.15) is 0 Å². The number of hydrogen-bond donors (Lipinski definition) is 0. The Balaban J connectivity index is 1.54. The summed E-state index contributed by atoms with van der Waals surface area (Å²) in [5.41, 5.74) is 7.15. The molecular weight excluding hydrogens is 448 g/mol. The number of ether oxygens (including phenoxy) is 3. The molecule has 0 aliphatic carbocycles. The minimum Gasteiger partial charge on any atom is -0.490 e. The quantitative estimate of drug-likeness (QED) is 0.249. The number of benzene rings is 3. The van der Waals surface area contributed by atoms with Crippen LogP contribution in [-0.2, 0) is 20.7 Å². The zero-order valence-electron chi connectivity index (χ0n) is 22.1. The molecule has 0 saturated heterocycles. The highest BCUT2D eigenvalue weighted by Gasteiger charge is 2.20. The van der Waals surface area contributed by atoms with Crippen molar-refractivity contribution in [2.45, 2.75) is 53.1 Å². The molecule has 0 saturated carbocycles. The molecule has 0 aromatic heterocycles. The maximum atomic E-state index is 12.1. The highest BCUT2D eigenvalue weighted by atomic mass is 16.6. The van der Waals surface area contributed by atoms with Gasteiger partial charge in [-0.1, -0.05) is 74.5 Å². The molecular formula is C32H38O4. The van der Waals surface area contributed by atoms with E-state index in [1.807, 2.05) is 31.2 Å². The van der Waals surface area contributed by atoms with Crippen molar-refractivity contribution in [2.75, 3.05) is 19.8 Å². The molecule has 0 amide bonds. The molecule has 0 fully saturated rings. The molecule has 0 radical (unpaired) electrons. The third-order valence-electron chi connectivity index (χ3n) is 6.15. The number of carbonyl (C=O) groups is 1. The summed E-state index contributed by atoms with van der Waals surface area (Å²) in [5, 5.41) is 0. The van der Waals surface area contributed by atoms with Gasteiger partial charge in [-0.15, -0.1) is 0 Å². The third kappa shape index (κ3) is 7.82. The van der Waals surface area contributed by atoms with Crippen LogP contribution in [0.3, 0.4) is 0 Å². The lowest BCUT2D eigenvalue weighted by molar-refractivity contribution is -0.156. The molecule has 3 aromatic rings. The molecule has 3 rings (SSSR count). The summed E-state index contributed by atoms with van der Waals surface area (Å²) < 4.78 is 16.6. The smallest absolute Gasteiger partial charge is 0.335 e. The Morgan fingerprint density at radius 1 is 0.833 bits per heavy atom. The van der Waals surface area contributed by atoms with Crippen LogP contribution in [0.15, 0.2) is 78.9 Å². The van der Waals surface area contributed by atoms with Gasteiger partial charge in [-0.3, -0.25) is 0 Å². The maximum absolute atomic E-state index is 12.1. The lowest BCUT2D eigenvalue weighted by Crippen LogP contribution is -2.28. The summed E-state index contributed by atoms with van der Waals surface area (Å²) in [6.45, 7) is 11.5. The molecule has 0 aliphatic heterocycles. The predicted octanol–water partition coefficient (Wildman–Crippen LogP) is 7.47. The lowest BCUT2D eigenvalue weighted by atomic mass is 9.97. The topological polar surface area (TPSA) is 44.8 Å². The minimum atomic E-state index is -0.585. The Morgan fingerprint density at radius 2 is 1.44 bits per heavy atom. The number of carbonyl (C=O) groups excluding carboxylic acids is 1. The van der Waals surface area contributed by atoms with E-state index in [1.165, 1.54) is 27.8 Å². The van der Waals surface area contributed by atoms with Crippen LogP contribution < -0.4 is 4.74 Å². The van der Waals surface area contributed by atoms with E-state index in [-0.39, 0.29) is 5.97 Å². The molecule has 0 aliphatic rings. The first-order chi connectivity index (χ1) is 17.4. The van der Waals surface area contributed by atoms with Gasteiger partial charge in [0.2, 0.25) is 0 Å². The van der Waals surface area contributed by atoms with Crippen molar-refractivity contribution in [3.8, 4) is 16.9 Å². The highest BCUT2D eigenvalue weighted by Crippen LogP contribution is 2.25. The van der Waals surface area contributed by atoms with Gasteiger partial charge in [0.15, 0.2) is 6.10 Å². The fourth-order valence-corrected chi connectivity index (χ4v) is 3.95. The minimum absolute atomic E-state index is 0.322. The molecule has 4 heteroatoms. The Hall–Kier alpha value is -3.37. The first-order valence-corrected chi connectivity index (χ1v) is 12.8. The Labute approximate surface area is 215 Å². The number of esters is 1. The van der Waals surface area contributed by atoms with E-state index in [9.17, 15) is 4.79 Å². The molecule has 0 unspecified atom stereocenters. The molecule has 1 atom stereocenters. The van der Waals surface area contributed by atoms with Crippen molar-refractivity contribution >= 4 is 11.5 Å². The summed E-state index contributed by atoms with van der Waals surface area (Å²) >= 11 is 0. The normalized spacial score (nSPS) is 12.4. The van der Waals surface area contributed by atoms with Crippen molar-refractivity contribution in [1.82, 2.24) is 0 Å². The average molecular weight is 487 g/mol. The standard InChI is InChI=1S/C32H38O4/c1-6-34-31(32(33)35-7-2)22-25-8-18-30(19-9-25)36-21-20-24(5)27-12-16-29(17-13-27)28-14-10-26(11-15-28)23(3)4/h8-20,23,31H,6-7,21-22H2,1-5H3/t31-/m0/s1. The Kier molecular flexibility index (Phi) is 10.3. The molecule has 0 spiro atoms. The first kappa shape index (κ1) is 27.2. The van der Waals surface area contributed by atoms with E-state index in [1.54, 1.807) is 6.92 Å². The molecule has 0 heterocycles. The average Bonchev–Trinajstić information content (AvgIpc) is 2.89. The summed E-state index contributed by atoms with van der Waals surface area (Å²) in [5.74, 6) is 1.00.